The molecule has 17 heavy (non-hydrogen) atoms. The first-order chi connectivity index (χ1) is 8.18. The Morgan fingerprint density at radius 3 is 2.71 bits per heavy atom. The van der Waals surface area contributed by atoms with Crippen LogP contribution in [0.2, 0.25) is 5.02 Å². The second-order valence-electron chi connectivity index (χ2n) is 4.39. The van der Waals surface area contributed by atoms with Crippen LogP contribution in [0.25, 0.3) is 0 Å². The molecule has 0 aromatic heterocycles. The molecule has 1 saturated heterocycles. The zero-order valence-electron chi connectivity index (χ0n) is 10.0. The molecule has 1 heterocycles. The topological polar surface area (TPSA) is 15.3 Å². The number of nitrogens with zero attached hydrogens (tertiary/aromatic N) is 1. The Labute approximate surface area is 113 Å². The van der Waals surface area contributed by atoms with Crippen molar-refractivity contribution in [1.29, 1.82) is 0 Å². The third-order valence-electron chi connectivity index (χ3n) is 3.15. The molecule has 2 rings (SSSR count). The molecule has 1 aliphatic heterocycles. The summed E-state index contributed by atoms with van der Waals surface area (Å²) in [5, 5.41) is 4.88. The lowest BCUT2D eigenvalue weighted by Crippen LogP contribution is -2.38. The lowest BCUT2D eigenvalue weighted by atomic mass is 10.1. The zero-order chi connectivity index (χ0) is 12.3. The third-order valence-corrected chi connectivity index (χ3v) is 3.92. The summed E-state index contributed by atoms with van der Waals surface area (Å²) in [6, 6.07) is 5.85. The lowest BCUT2D eigenvalue weighted by molar-refractivity contribution is 0.346. The highest BCUT2D eigenvalue weighted by molar-refractivity contribution is 7.80. The fraction of sp³-hybridized carbons (Fsp3) is 0.462. The summed E-state index contributed by atoms with van der Waals surface area (Å²) < 4.78 is 0. The first kappa shape index (κ1) is 12.7. The maximum atomic E-state index is 6.09. The summed E-state index contributed by atoms with van der Waals surface area (Å²) in [5.41, 5.74) is 2.06. The normalized spacial score (nSPS) is 15.8. The molecule has 0 unspecified atom stereocenters. The maximum Gasteiger partial charge on any atom is 0.173 e. The number of rotatable bonds is 1. The van der Waals surface area contributed by atoms with E-state index in [2.05, 4.69) is 10.2 Å². The van der Waals surface area contributed by atoms with Crippen molar-refractivity contribution in [2.75, 3.05) is 18.4 Å². The number of thiocarbonyl (C=S) groups is 1. The number of nitrogens with one attached hydrogen (secondary N) is 1. The van der Waals surface area contributed by atoms with Crippen molar-refractivity contribution in [3.05, 3.63) is 28.8 Å². The summed E-state index contributed by atoms with van der Waals surface area (Å²) in [5.74, 6) is 0. The molecule has 92 valence electrons. The van der Waals surface area contributed by atoms with Gasteiger partial charge in [0.15, 0.2) is 5.11 Å². The fourth-order valence-electron chi connectivity index (χ4n) is 2.03. The lowest BCUT2D eigenvalue weighted by Gasteiger charge is -2.29. The standard InChI is InChI=1S/C13H17ClN2S/c1-10-11(14)6-5-7-12(10)15-13(17)16-8-3-2-4-9-16/h5-7H,2-4,8-9H2,1H3,(H,15,17). The minimum Gasteiger partial charge on any atom is -0.349 e. The maximum absolute atomic E-state index is 6.09. The van der Waals surface area contributed by atoms with E-state index in [1.54, 1.807) is 0 Å². The van der Waals surface area contributed by atoms with Crippen LogP contribution >= 0.6 is 23.8 Å². The van der Waals surface area contributed by atoms with Gasteiger partial charge >= 0.3 is 0 Å². The van der Waals surface area contributed by atoms with E-state index in [1.165, 1.54) is 19.3 Å². The van der Waals surface area contributed by atoms with Crippen LogP contribution in [-0.4, -0.2) is 23.1 Å². The van der Waals surface area contributed by atoms with Crippen molar-refractivity contribution in [3.63, 3.8) is 0 Å². The van der Waals surface area contributed by atoms with Gasteiger partial charge in [0.2, 0.25) is 0 Å². The molecule has 0 saturated carbocycles. The second-order valence-corrected chi connectivity index (χ2v) is 5.18. The van der Waals surface area contributed by atoms with Gasteiger partial charge in [-0.15, -0.1) is 0 Å². The molecule has 0 atom stereocenters. The van der Waals surface area contributed by atoms with Crippen LogP contribution in [0.5, 0.6) is 0 Å². The Morgan fingerprint density at radius 2 is 2.00 bits per heavy atom. The van der Waals surface area contributed by atoms with Crippen LogP contribution in [0.4, 0.5) is 5.69 Å². The van der Waals surface area contributed by atoms with E-state index < -0.39 is 0 Å². The largest absolute Gasteiger partial charge is 0.349 e. The van der Waals surface area contributed by atoms with Gasteiger partial charge in [0.1, 0.15) is 0 Å². The Kier molecular flexibility index (Phi) is 4.24. The van der Waals surface area contributed by atoms with Crippen LogP contribution in [-0.2, 0) is 0 Å². The number of hydrogen-bond donors (Lipinski definition) is 1. The van der Waals surface area contributed by atoms with Crippen molar-refractivity contribution >= 4 is 34.6 Å². The van der Waals surface area contributed by atoms with Crippen molar-refractivity contribution in [1.82, 2.24) is 4.90 Å². The number of piperidine rings is 1. The molecule has 0 bridgehead atoms. The van der Waals surface area contributed by atoms with Gasteiger partial charge in [-0.1, -0.05) is 17.7 Å². The molecule has 1 aromatic carbocycles. The Morgan fingerprint density at radius 1 is 1.29 bits per heavy atom. The molecule has 2 nitrogen and oxygen atoms in total. The van der Waals surface area contributed by atoms with Gasteiger partial charge in [0.05, 0.1) is 0 Å². The van der Waals surface area contributed by atoms with E-state index in [-0.39, 0.29) is 0 Å². The first-order valence-electron chi connectivity index (χ1n) is 5.99. The molecular formula is C13H17ClN2S. The average Bonchev–Trinajstić information content (AvgIpc) is 2.36. The van der Waals surface area contributed by atoms with Gasteiger partial charge in [-0.25, -0.2) is 0 Å². The van der Waals surface area contributed by atoms with Gasteiger partial charge in [-0.3, -0.25) is 0 Å². The third kappa shape index (κ3) is 3.11. The van der Waals surface area contributed by atoms with Gasteiger partial charge in [-0.05, 0) is 56.1 Å². The Balaban J connectivity index is 2.04. The van der Waals surface area contributed by atoms with Crippen LogP contribution < -0.4 is 5.32 Å². The van der Waals surface area contributed by atoms with Crippen LogP contribution in [0.3, 0.4) is 0 Å². The molecule has 1 fully saturated rings. The highest BCUT2D eigenvalue weighted by Crippen LogP contribution is 2.23. The average molecular weight is 269 g/mol. The van der Waals surface area contributed by atoms with E-state index in [1.807, 2.05) is 25.1 Å². The SMILES string of the molecule is Cc1c(Cl)cccc1NC(=S)N1CCCCC1. The molecule has 0 radical (unpaired) electrons. The van der Waals surface area contributed by atoms with E-state index in [0.717, 1.165) is 34.5 Å². The highest BCUT2D eigenvalue weighted by atomic mass is 35.5. The summed E-state index contributed by atoms with van der Waals surface area (Å²) in [6.07, 6.45) is 3.78. The number of halogens is 1. The van der Waals surface area contributed by atoms with Crippen molar-refractivity contribution in [2.24, 2.45) is 0 Å². The molecule has 1 aliphatic rings. The monoisotopic (exact) mass is 268 g/mol. The smallest absolute Gasteiger partial charge is 0.173 e. The van der Waals surface area contributed by atoms with Crippen molar-refractivity contribution in [2.45, 2.75) is 26.2 Å². The summed E-state index contributed by atoms with van der Waals surface area (Å²) in [7, 11) is 0. The number of anilines is 1. The predicted molar refractivity (Wildman–Crippen MR) is 77.8 cm³/mol. The van der Waals surface area contributed by atoms with Crippen LogP contribution in [0.1, 0.15) is 24.8 Å². The highest BCUT2D eigenvalue weighted by Gasteiger charge is 2.14. The summed E-state index contributed by atoms with van der Waals surface area (Å²) in [6.45, 7) is 4.13. The van der Waals surface area contributed by atoms with Gasteiger partial charge < -0.3 is 10.2 Å². The molecule has 0 spiro atoms. The number of likely N-dealkylation sites (tertiary alicyclic amines) is 1. The Hall–Kier alpha value is -0.800. The number of benzene rings is 1. The van der Waals surface area contributed by atoms with E-state index in [0.29, 0.717) is 0 Å². The van der Waals surface area contributed by atoms with Gasteiger partial charge in [-0.2, -0.15) is 0 Å². The van der Waals surface area contributed by atoms with Crippen LogP contribution in [0, 0.1) is 6.92 Å². The second kappa shape index (κ2) is 5.69. The zero-order valence-corrected chi connectivity index (χ0v) is 11.6. The molecule has 1 aromatic rings. The van der Waals surface area contributed by atoms with Crippen molar-refractivity contribution in [3.8, 4) is 0 Å². The molecule has 0 amide bonds. The molecule has 4 heteroatoms. The quantitative estimate of drug-likeness (QED) is 0.780. The summed E-state index contributed by atoms with van der Waals surface area (Å²) in [4.78, 5) is 2.24. The first-order valence-corrected chi connectivity index (χ1v) is 6.78. The number of hydrogen-bond acceptors (Lipinski definition) is 1. The minimum atomic E-state index is 0.774. The molecule has 1 N–H and O–H groups in total. The van der Waals surface area contributed by atoms with E-state index in [4.69, 9.17) is 23.8 Å². The van der Waals surface area contributed by atoms with Gasteiger partial charge in [0, 0.05) is 23.8 Å². The van der Waals surface area contributed by atoms with E-state index >= 15 is 0 Å². The molecule has 0 aliphatic carbocycles. The Bertz CT molecular complexity index is 414. The van der Waals surface area contributed by atoms with Crippen molar-refractivity contribution < 1.29 is 0 Å². The summed E-state index contributed by atoms with van der Waals surface area (Å²) >= 11 is 11.5. The van der Waals surface area contributed by atoms with Gasteiger partial charge in [0.25, 0.3) is 0 Å². The minimum absolute atomic E-state index is 0.774. The van der Waals surface area contributed by atoms with Crippen LogP contribution in [0.15, 0.2) is 18.2 Å². The predicted octanol–water partition coefficient (Wildman–Crippen LogP) is 3.83. The molecular weight excluding hydrogens is 252 g/mol. The fourth-order valence-corrected chi connectivity index (χ4v) is 2.50. The van der Waals surface area contributed by atoms with E-state index in [9.17, 15) is 0 Å².